The summed E-state index contributed by atoms with van der Waals surface area (Å²) in [5, 5.41) is 32.0. The number of ether oxygens (including phenoxy) is 6. The lowest BCUT2D eigenvalue weighted by atomic mass is 10.1. The monoisotopic (exact) mass is 1220 g/mol. The summed E-state index contributed by atoms with van der Waals surface area (Å²) in [6, 6.07) is 18.0. The van der Waals surface area contributed by atoms with E-state index in [1.54, 1.807) is 50.6 Å². The zero-order valence-electron chi connectivity index (χ0n) is 42.1. The van der Waals surface area contributed by atoms with Crippen LogP contribution >= 0.6 is 82.0 Å². The third-order valence-electron chi connectivity index (χ3n) is 11.9. The SMILES string of the molecule is CN1CCNCC1.COc1cc(Nc2c(C#N)cnc3cc(OCCCCl)c(OC)cc23)c(Cl)cc1Cl.COc1cc(Nc2c(C#N)cnc3cc(OCCCN4CCN(C)CC4)c(OC)cc23)c(Cl)cc1Cl.I. The minimum Gasteiger partial charge on any atom is -0.495 e. The lowest BCUT2D eigenvalue weighted by Gasteiger charge is -2.32. The molecule has 396 valence electrons. The number of likely N-dealkylation sites (N-methyl/N-ethyl adjacent to an activating group) is 2. The van der Waals surface area contributed by atoms with Gasteiger partial charge in [-0.25, -0.2) is 0 Å². The number of hydrogen-bond donors (Lipinski definition) is 3. The summed E-state index contributed by atoms with van der Waals surface area (Å²) in [7, 11) is 10.5. The second-order valence-electron chi connectivity index (χ2n) is 16.8. The number of nitrogens with one attached hydrogen (secondary N) is 3. The van der Waals surface area contributed by atoms with Crippen LogP contribution in [0.25, 0.3) is 21.8 Å². The third-order valence-corrected chi connectivity index (χ3v) is 13.4. The molecule has 74 heavy (non-hydrogen) atoms. The van der Waals surface area contributed by atoms with Gasteiger partial charge in [0.2, 0.25) is 0 Å². The number of benzene rings is 4. The van der Waals surface area contributed by atoms with Crippen molar-refractivity contribution in [2.45, 2.75) is 12.8 Å². The van der Waals surface area contributed by atoms with Crippen LogP contribution in [-0.4, -0.2) is 145 Å². The molecule has 6 aromatic rings. The first-order valence-electron chi connectivity index (χ1n) is 23.4. The molecule has 0 spiro atoms. The molecule has 2 aromatic heterocycles. The maximum absolute atomic E-state index is 9.75. The van der Waals surface area contributed by atoms with E-state index in [0.29, 0.717) is 136 Å². The Kier molecular flexibility index (Phi) is 24.3. The van der Waals surface area contributed by atoms with Crippen molar-refractivity contribution in [2.75, 3.05) is 131 Å². The number of nitrogens with zero attached hydrogens (tertiary/aromatic N) is 7. The van der Waals surface area contributed by atoms with E-state index in [9.17, 15) is 10.5 Å². The number of halogens is 6. The highest BCUT2D eigenvalue weighted by Crippen LogP contribution is 2.42. The molecule has 4 heterocycles. The van der Waals surface area contributed by atoms with E-state index < -0.39 is 0 Å². The number of aromatic nitrogens is 2. The van der Waals surface area contributed by atoms with E-state index in [0.717, 1.165) is 52.2 Å². The fourth-order valence-corrected chi connectivity index (χ4v) is 8.89. The van der Waals surface area contributed by atoms with Crippen LogP contribution < -0.4 is 44.4 Å². The highest BCUT2D eigenvalue weighted by atomic mass is 127. The Morgan fingerprint density at radius 2 is 1.00 bits per heavy atom. The molecule has 2 aliphatic heterocycles. The number of pyridine rings is 2. The molecule has 22 heteroatoms. The maximum atomic E-state index is 9.75. The Morgan fingerprint density at radius 3 is 1.39 bits per heavy atom. The van der Waals surface area contributed by atoms with Gasteiger partial charge in [-0.1, -0.05) is 46.4 Å². The van der Waals surface area contributed by atoms with Crippen molar-refractivity contribution in [1.82, 2.24) is 30.0 Å². The van der Waals surface area contributed by atoms with Crippen molar-refractivity contribution in [3.8, 4) is 46.6 Å². The van der Waals surface area contributed by atoms with Gasteiger partial charge in [-0.3, -0.25) is 9.97 Å². The molecule has 0 saturated carbocycles. The number of anilines is 4. The molecular formula is C52H60Cl5IN10O6. The van der Waals surface area contributed by atoms with Crippen LogP contribution in [0.1, 0.15) is 24.0 Å². The molecule has 0 atom stereocenters. The molecule has 0 aliphatic carbocycles. The van der Waals surface area contributed by atoms with Crippen molar-refractivity contribution < 1.29 is 28.4 Å². The summed E-state index contributed by atoms with van der Waals surface area (Å²) in [6.07, 6.45) is 4.62. The van der Waals surface area contributed by atoms with E-state index in [1.807, 2.05) is 12.1 Å². The van der Waals surface area contributed by atoms with Gasteiger partial charge in [-0.05, 0) is 51.2 Å². The number of fused-ring (bicyclic) bond motifs is 2. The summed E-state index contributed by atoms with van der Waals surface area (Å²) in [5.74, 6) is 3.64. The van der Waals surface area contributed by atoms with Gasteiger partial charge in [-0.2, -0.15) is 10.5 Å². The first-order valence-corrected chi connectivity index (χ1v) is 25.4. The zero-order chi connectivity index (χ0) is 52.4. The zero-order valence-corrected chi connectivity index (χ0v) is 48.2. The van der Waals surface area contributed by atoms with Gasteiger partial charge in [0.1, 0.15) is 23.6 Å². The number of alkyl halides is 1. The van der Waals surface area contributed by atoms with E-state index in [1.165, 1.54) is 39.7 Å². The smallest absolute Gasteiger partial charge is 0.163 e. The Bertz CT molecular complexity index is 2920. The van der Waals surface area contributed by atoms with Gasteiger partial charge in [-0.15, -0.1) is 35.6 Å². The van der Waals surface area contributed by atoms with Crippen molar-refractivity contribution in [2.24, 2.45) is 0 Å². The molecule has 0 bridgehead atoms. The number of hydrogen-bond acceptors (Lipinski definition) is 16. The van der Waals surface area contributed by atoms with Gasteiger partial charge >= 0.3 is 0 Å². The molecule has 0 unspecified atom stereocenters. The van der Waals surface area contributed by atoms with E-state index in [-0.39, 0.29) is 24.0 Å². The Balaban J connectivity index is 0.000000242. The Labute approximate surface area is 474 Å². The predicted octanol–water partition coefficient (Wildman–Crippen LogP) is 11.5. The van der Waals surface area contributed by atoms with Crippen LogP contribution in [0.3, 0.4) is 0 Å². The van der Waals surface area contributed by atoms with Gasteiger partial charge in [0.15, 0.2) is 23.0 Å². The Hall–Kier alpha value is -4.90. The highest BCUT2D eigenvalue weighted by molar-refractivity contribution is 14.0. The Morgan fingerprint density at radius 1 is 0.568 bits per heavy atom. The third kappa shape index (κ3) is 16.1. The van der Waals surface area contributed by atoms with Crippen LogP contribution in [0.5, 0.6) is 34.5 Å². The van der Waals surface area contributed by atoms with E-state index >= 15 is 0 Å². The quantitative estimate of drug-likeness (QED) is 0.0446. The van der Waals surface area contributed by atoms with Crippen molar-refractivity contribution in [3.63, 3.8) is 0 Å². The molecule has 4 aromatic carbocycles. The maximum Gasteiger partial charge on any atom is 0.163 e. The molecule has 8 rings (SSSR count). The average molecular weight is 1230 g/mol. The second kappa shape index (κ2) is 30.0. The summed E-state index contributed by atoms with van der Waals surface area (Å²) in [5.41, 5.74) is 4.13. The van der Waals surface area contributed by atoms with Crippen LogP contribution in [-0.2, 0) is 0 Å². The lowest BCUT2D eigenvalue weighted by Crippen LogP contribution is -2.44. The van der Waals surface area contributed by atoms with Crippen molar-refractivity contribution >= 4 is 127 Å². The molecule has 2 fully saturated rings. The first kappa shape index (κ1) is 60.0. The van der Waals surface area contributed by atoms with E-state index in [2.05, 4.69) is 66.9 Å². The van der Waals surface area contributed by atoms with Gasteiger partial charge in [0.25, 0.3) is 0 Å². The normalized spacial score (nSPS) is 13.7. The van der Waals surface area contributed by atoms with Crippen LogP contribution in [0.15, 0.2) is 60.9 Å². The summed E-state index contributed by atoms with van der Waals surface area (Å²) in [4.78, 5) is 16.0. The number of nitriles is 2. The summed E-state index contributed by atoms with van der Waals surface area (Å²) >= 11 is 30.8. The standard InChI is InChI=1S/C26H29Cl2N5O3.C21H18Cl3N3O3.C5H12N2.HI/c1-32-6-8-33(9-7-32)5-4-10-36-25-13-21-18(11-24(25)35-3)26(17(15-29)16-30-21)31-22-14-23(34-2)20(28)12-19(22)27;1-28-18-9-17(14(23)7-15(18)24)27-21-12(10-25)11-26-16-8-20(30-5-3-4-22)19(29-2)6-13(16)21;1-7-4-2-6-3-5-7;/h11-14,16H,4-10H2,1-3H3,(H,30,31);6-9,11H,3-5H2,1-2H3,(H,26,27);6H,2-5H2,1H3;1H. The number of rotatable bonds is 17. The molecule has 0 amide bonds. The first-order chi connectivity index (χ1) is 35.3. The fraction of sp³-hybridized carbons (Fsp3) is 0.385. The molecule has 2 saturated heterocycles. The number of methoxy groups -OCH3 is 4. The predicted molar refractivity (Wildman–Crippen MR) is 309 cm³/mol. The van der Waals surface area contributed by atoms with Crippen molar-refractivity contribution in [3.05, 3.63) is 92.1 Å². The molecule has 2 aliphatic rings. The molecule has 16 nitrogen and oxygen atoms in total. The minimum atomic E-state index is 0. The van der Waals surface area contributed by atoms with Gasteiger partial charge in [0.05, 0.1) is 107 Å². The fourth-order valence-electron chi connectivity index (χ4n) is 7.77. The topological polar surface area (TPSA) is 175 Å². The van der Waals surface area contributed by atoms with Gasteiger partial charge < -0.3 is 59.1 Å². The van der Waals surface area contributed by atoms with Crippen molar-refractivity contribution in [1.29, 1.82) is 10.5 Å². The average Bonchev–Trinajstić information content (AvgIpc) is 3.39. The van der Waals surface area contributed by atoms with Crippen LogP contribution in [0.4, 0.5) is 22.7 Å². The minimum absolute atomic E-state index is 0. The second-order valence-corrected chi connectivity index (χ2v) is 18.8. The highest BCUT2D eigenvalue weighted by Gasteiger charge is 2.20. The number of piperazine rings is 2. The van der Waals surface area contributed by atoms with Crippen LogP contribution in [0, 0.1) is 22.7 Å². The van der Waals surface area contributed by atoms with Gasteiger partial charge in [0, 0.05) is 112 Å². The molecule has 3 N–H and O–H groups in total. The molecule has 0 radical (unpaired) electrons. The lowest BCUT2D eigenvalue weighted by molar-refractivity contribution is 0.145. The van der Waals surface area contributed by atoms with E-state index in [4.69, 9.17) is 86.4 Å². The van der Waals surface area contributed by atoms with Crippen LogP contribution in [0.2, 0.25) is 20.1 Å². The summed E-state index contributed by atoms with van der Waals surface area (Å²) in [6.45, 7) is 11.1. The largest absolute Gasteiger partial charge is 0.495 e. The summed E-state index contributed by atoms with van der Waals surface area (Å²) < 4.78 is 33.5. The molecular weight excluding hydrogens is 1160 g/mol.